The first-order chi connectivity index (χ1) is 16.5. The second kappa shape index (κ2) is 10.6. The predicted molar refractivity (Wildman–Crippen MR) is 140 cm³/mol. The van der Waals surface area contributed by atoms with Crippen LogP contribution in [0.4, 0.5) is 5.69 Å². The van der Waals surface area contributed by atoms with Gasteiger partial charge in [0.05, 0.1) is 5.75 Å². The van der Waals surface area contributed by atoms with E-state index in [1.807, 2.05) is 22.8 Å². The third-order valence-corrected chi connectivity index (χ3v) is 7.07. The highest BCUT2D eigenvalue weighted by Gasteiger charge is 2.20. The van der Waals surface area contributed by atoms with Crippen molar-refractivity contribution in [1.29, 1.82) is 0 Å². The number of carbonyl (C=O) groups excluding carboxylic acids is 2. The number of aromatic nitrogens is 3. The molecule has 6 nitrogen and oxygen atoms in total. The number of amides is 1. The van der Waals surface area contributed by atoms with E-state index in [-0.39, 0.29) is 17.4 Å². The third kappa shape index (κ3) is 5.18. The Labute approximate surface area is 206 Å². The van der Waals surface area contributed by atoms with Crippen molar-refractivity contribution in [3.8, 4) is 22.5 Å². The molecule has 0 spiro atoms. The summed E-state index contributed by atoms with van der Waals surface area (Å²) in [4.78, 5) is 25.4. The maximum atomic E-state index is 12.6. The van der Waals surface area contributed by atoms with E-state index in [1.165, 1.54) is 23.6 Å². The molecule has 8 heteroatoms. The molecule has 0 bridgehead atoms. The number of carbonyl (C=O) groups is 2. The standard InChI is InChI=1S/C26H24N4O2S2/c1-4-13-30-25(22-15-33-18(3)24(22)19-9-6-5-7-10-19)28-29-26(30)34-16-23(32)27-21-12-8-11-20(14-21)17(2)31/h4-12,14-15H,1,13,16H2,2-3H3,(H,27,32). The normalized spacial score (nSPS) is 10.8. The van der Waals surface area contributed by atoms with Gasteiger partial charge >= 0.3 is 0 Å². The molecule has 0 saturated carbocycles. The van der Waals surface area contributed by atoms with Crippen LogP contribution in [0, 0.1) is 6.92 Å². The van der Waals surface area contributed by atoms with E-state index >= 15 is 0 Å². The van der Waals surface area contributed by atoms with Crippen molar-refractivity contribution in [3.63, 3.8) is 0 Å². The van der Waals surface area contributed by atoms with Crippen molar-refractivity contribution in [1.82, 2.24) is 14.8 Å². The fourth-order valence-corrected chi connectivity index (χ4v) is 5.23. The monoisotopic (exact) mass is 488 g/mol. The maximum absolute atomic E-state index is 12.6. The van der Waals surface area contributed by atoms with Crippen LogP contribution in [-0.2, 0) is 11.3 Å². The Morgan fingerprint density at radius 1 is 1.15 bits per heavy atom. The van der Waals surface area contributed by atoms with Crippen molar-refractivity contribution in [2.75, 3.05) is 11.1 Å². The summed E-state index contributed by atoms with van der Waals surface area (Å²) in [6, 6.07) is 17.1. The second-order valence-corrected chi connectivity index (χ2v) is 9.65. The Bertz CT molecular complexity index is 1340. The van der Waals surface area contributed by atoms with Crippen molar-refractivity contribution in [2.45, 2.75) is 25.5 Å². The van der Waals surface area contributed by atoms with Gasteiger partial charge in [-0.15, -0.1) is 28.1 Å². The average molecular weight is 489 g/mol. The molecule has 2 aromatic carbocycles. The number of rotatable bonds is 9. The molecule has 0 atom stereocenters. The Hall–Kier alpha value is -3.49. The molecule has 2 heterocycles. The molecular formula is C26H24N4O2S2. The zero-order valence-corrected chi connectivity index (χ0v) is 20.6. The van der Waals surface area contributed by atoms with E-state index in [4.69, 9.17) is 0 Å². The van der Waals surface area contributed by atoms with Gasteiger partial charge in [0.15, 0.2) is 16.8 Å². The predicted octanol–water partition coefficient (Wildman–Crippen LogP) is 6.10. The van der Waals surface area contributed by atoms with Gasteiger partial charge in [-0.2, -0.15) is 0 Å². The minimum Gasteiger partial charge on any atom is -0.325 e. The lowest BCUT2D eigenvalue weighted by molar-refractivity contribution is -0.113. The summed E-state index contributed by atoms with van der Waals surface area (Å²) < 4.78 is 1.98. The highest BCUT2D eigenvalue weighted by Crippen LogP contribution is 2.39. The summed E-state index contributed by atoms with van der Waals surface area (Å²) in [7, 11) is 0. The first kappa shape index (κ1) is 23.7. The number of allylic oxidation sites excluding steroid dienone is 1. The number of thiophene rings is 1. The molecule has 0 unspecified atom stereocenters. The zero-order valence-electron chi connectivity index (χ0n) is 18.9. The van der Waals surface area contributed by atoms with Gasteiger partial charge in [-0.25, -0.2) is 0 Å². The summed E-state index contributed by atoms with van der Waals surface area (Å²) in [5.74, 6) is 0.680. The Kier molecular flexibility index (Phi) is 7.40. The van der Waals surface area contributed by atoms with Crippen molar-refractivity contribution < 1.29 is 9.59 Å². The molecule has 4 rings (SSSR count). The highest BCUT2D eigenvalue weighted by molar-refractivity contribution is 7.99. The van der Waals surface area contributed by atoms with Crippen LogP contribution < -0.4 is 5.32 Å². The number of nitrogens with one attached hydrogen (secondary N) is 1. The Balaban J connectivity index is 1.55. The first-order valence-electron chi connectivity index (χ1n) is 10.7. The van der Waals surface area contributed by atoms with E-state index in [9.17, 15) is 9.59 Å². The fraction of sp³-hybridized carbons (Fsp3) is 0.154. The van der Waals surface area contributed by atoms with Crippen LogP contribution in [0.25, 0.3) is 22.5 Å². The molecular weight excluding hydrogens is 464 g/mol. The van der Waals surface area contributed by atoms with Gasteiger partial charge in [-0.3, -0.25) is 14.2 Å². The second-order valence-electron chi connectivity index (χ2n) is 7.63. The maximum Gasteiger partial charge on any atom is 0.234 e. The lowest BCUT2D eigenvalue weighted by Crippen LogP contribution is -2.15. The number of hydrogen-bond acceptors (Lipinski definition) is 6. The Morgan fingerprint density at radius 2 is 1.94 bits per heavy atom. The first-order valence-corrected chi connectivity index (χ1v) is 12.6. The molecule has 0 aliphatic rings. The quantitative estimate of drug-likeness (QED) is 0.175. The molecule has 172 valence electrons. The number of benzene rings is 2. The molecule has 1 N–H and O–H groups in total. The largest absolute Gasteiger partial charge is 0.325 e. The van der Waals surface area contributed by atoms with Gasteiger partial charge in [-0.05, 0) is 31.5 Å². The van der Waals surface area contributed by atoms with Gasteiger partial charge in [0.1, 0.15) is 0 Å². The SMILES string of the molecule is C=CCn1c(SCC(=O)Nc2cccc(C(C)=O)c2)nnc1-c1csc(C)c1-c1ccccc1. The van der Waals surface area contributed by atoms with E-state index in [0.29, 0.717) is 23.0 Å². The van der Waals surface area contributed by atoms with Gasteiger partial charge < -0.3 is 5.32 Å². The molecule has 0 aliphatic carbocycles. The van der Waals surface area contributed by atoms with Gasteiger partial charge in [0.25, 0.3) is 0 Å². The van der Waals surface area contributed by atoms with E-state index in [0.717, 1.165) is 22.5 Å². The summed E-state index contributed by atoms with van der Waals surface area (Å²) >= 11 is 2.99. The fourth-order valence-electron chi connectivity index (χ4n) is 3.61. The van der Waals surface area contributed by atoms with Crippen LogP contribution in [0.3, 0.4) is 0 Å². The van der Waals surface area contributed by atoms with E-state index < -0.39 is 0 Å². The summed E-state index contributed by atoms with van der Waals surface area (Å²) in [5, 5.41) is 14.4. The number of nitrogens with zero attached hydrogens (tertiary/aromatic N) is 3. The summed E-state index contributed by atoms with van der Waals surface area (Å²) in [5.41, 5.74) is 4.43. The van der Waals surface area contributed by atoms with Gasteiger partial charge in [0, 0.05) is 39.2 Å². The smallest absolute Gasteiger partial charge is 0.234 e. The number of Topliss-reactive ketones (excluding diaryl/α,β-unsaturated/α-hetero) is 1. The van der Waals surface area contributed by atoms with Gasteiger partial charge in [-0.1, -0.05) is 60.3 Å². The topological polar surface area (TPSA) is 76.9 Å². The van der Waals surface area contributed by atoms with Crippen LogP contribution in [0.2, 0.25) is 0 Å². The minimum absolute atomic E-state index is 0.0472. The summed E-state index contributed by atoms with van der Waals surface area (Å²) in [6.07, 6.45) is 1.80. The molecule has 0 saturated heterocycles. The Morgan fingerprint density at radius 3 is 2.68 bits per heavy atom. The van der Waals surface area contributed by atoms with Crippen LogP contribution in [0.5, 0.6) is 0 Å². The van der Waals surface area contributed by atoms with Crippen LogP contribution in [0.1, 0.15) is 22.2 Å². The van der Waals surface area contributed by atoms with Gasteiger partial charge in [0.2, 0.25) is 5.91 Å². The average Bonchev–Trinajstić information content (AvgIpc) is 3.41. The van der Waals surface area contributed by atoms with Crippen LogP contribution in [0.15, 0.2) is 77.8 Å². The number of thioether (sulfide) groups is 1. The van der Waals surface area contributed by atoms with Crippen LogP contribution >= 0.6 is 23.1 Å². The molecule has 4 aromatic rings. The van der Waals surface area contributed by atoms with Crippen molar-refractivity contribution >= 4 is 40.5 Å². The molecule has 1 amide bonds. The highest BCUT2D eigenvalue weighted by atomic mass is 32.2. The van der Waals surface area contributed by atoms with E-state index in [1.54, 1.807) is 41.7 Å². The van der Waals surface area contributed by atoms with Crippen molar-refractivity contribution in [3.05, 3.63) is 83.1 Å². The number of ketones is 1. The molecule has 0 radical (unpaired) electrons. The van der Waals surface area contributed by atoms with Crippen LogP contribution in [-0.4, -0.2) is 32.2 Å². The molecule has 2 aromatic heterocycles. The van der Waals surface area contributed by atoms with E-state index in [2.05, 4.69) is 46.5 Å². The number of anilines is 1. The zero-order chi connectivity index (χ0) is 24.1. The third-order valence-electron chi connectivity index (χ3n) is 5.19. The number of aryl methyl sites for hydroxylation is 1. The minimum atomic E-state index is -0.184. The number of hydrogen-bond donors (Lipinski definition) is 1. The lowest BCUT2D eigenvalue weighted by Gasteiger charge is -2.10. The molecule has 34 heavy (non-hydrogen) atoms. The lowest BCUT2D eigenvalue weighted by atomic mass is 10.0. The van der Waals surface area contributed by atoms with Crippen molar-refractivity contribution in [2.24, 2.45) is 0 Å². The molecule has 0 fully saturated rings. The molecule has 0 aliphatic heterocycles. The summed E-state index contributed by atoms with van der Waals surface area (Å²) in [6.45, 7) is 8.01.